The monoisotopic (exact) mass is 360 g/mol. The highest BCUT2D eigenvalue weighted by Crippen LogP contribution is 2.34. The molecule has 0 spiro atoms. The number of carbonyl (C=O) groups excluding carboxylic acids is 1. The average Bonchev–Trinajstić information content (AvgIpc) is 3.24. The van der Waals surface area contributed by atoms with Crippen molar-refractivity contribution in [2.75, 3.05) is 7.11 Å². The van der Waals surface area contributed by atoms with Gasteiger partial charge in [0, 0.05) is 5.56 Å². The van der Waals surface area contributed by atoms with Crippen molar-refractivity contribution in [2.24, 2.45) is 0 Å². The number of carboxylic acid groups (broad SMARTS) is 1. The van der Waals surface area contributed by atoms with Crippen LogP contribution in [-0.4, -0.2) is 34.6 Å². The third-order valence-electron chi connectivity index (χ3n) is 4.50. The fourth-order valence-electron chi connectivity index (χ4n) is 3.24. The molecule has 0 unspecified atom stereocenters. The van der Waals surface area contributed by atoms with E-state index >= 15 is 0 Å². The highest BCUT2D eigenvalue weighted by molar-refractivity contribution is 7.16. The molecule has 2 N–H and O–H groups in total. The number of thiazole rings is 1. The van der Waals surface area contributed by atoms with Crippen LogP contribution in [0.15, 0.2) is 30.5 Å². The molecule has 1 aliphatic rings. The number of methoxy groups -OCH3 is 1. The second kappa shape index (κ2) is 7.23. The standard InChI is InChI=1S/C18H20N2O4S/c1-24-13-6-4-12(5-7-13)17-19-11-14(25-17)16(23)20-18(10-15(21)22)8-2-3-9-18/h4-7,11H,2-3,8-10H2,1H3,(H,20,23)(H,21,22). The van der Waals surface area contributed by atoms with E-state index in [1.807, 2.05) is 24.3 Å². The molecule has 1 saturated carbocycles. The van der Waals surface area contributed by atoms with Crippen LogP contribution >= 0.6 is 11.3 Å². The normalized spacial score (nSPS) is 15.7. The summed E-state index contributed by atoms with van der Waals surface area (Å²) in [7, 11) is 1.61. The Kier molecular flexibility index (Phi) is 5.03. The summed E-state index contributed by atoms with van der Waals surface area (Å²) in [6, 6.07) is 7.47. The van der Waals surface area contributed by atoms with Gasteiger partial charge in [0.2, 0.25) is 0 Å². The van der Waals surface area contributed by atoms with Crippen molar-refractivity contribution in [2.45, 2.75) is 37.6 Å². The van der Waals surface area contributed by atoms with Crippen molar-refractivity contribution < 1.29 is 19.4 Å². The molecule has 7 heteroatoms. The second-order valence-corrected chi connectivity index (χ2v) is 7.30. The first kappa shape index (κ1) is 17.4. The van der Waals surface area contributed by atoms with Crippen molar-refractivity contribution in [3.8, 4) is 16.3 Å². The quantitative estimate of drug-likeness (QED) is 0.825. The summed E-state index contributed by atoms with van der Waals surface area (Å²) in [6.45, 7) is 0. The molecule has 25 heavy (non-hydrogen) atoms. The molecule has 0 bridgehead atoms. The molecule has 2 aromatic rings. The lowest BCUT2D eigenvalue weighted by atomic mass is 9.93. The van der Waals surface area contributed by atoms with Crippen molar-refractivity contribution in [3.63, 3.8) is 0 Å². The SMILES string of the molecule is COc1ccc(-c2ncc(C(=O)NC3(CC(=O)O)CCCC3)s2)cc1. The summed E-state index contributed by atoms with van der Waals surface area (Å²) >= 11 is 1.30. The molecule has 0 radical (unpaired) electrons. The van der Waals surface area contributed by atoms with Crippen LogP contribution < -0.4 is 10.1 Å². The number of nitrogens with one attached hydrogen (secondary N) is 1. The van der Waals surface area contributed by atoms with Crippen molar-refractivity contribution >= 4 is 23.2 Å². The van der Waals surface area contributed by atoms with Crippen LogP contribution in [0.4, 0.5) is 0 Å². The molecule has 0 atom stereocenters. The van der Waals surface area contributed by atoms with E-state index in [0.29, 0.717) is 17.7 Å². The second-order valence-electron chi connectivity index (χ2n) is 6.27. The number of aliphatic carboxylic acids is 1. The van der Waals surface area contributed by atoms with Crippen LogP contribution in [-0.2, 0) is 4.79 Å². The Morgan fingerprint density at radius 1 is 1.28 bits per heavy atom. The molecule has 0 saturated heterocycles. The van der Waals surface area contributed by atoms with E-state index in [2.05, 4.69) is 10.3 Å². The molecule has 1 aromatic heterocycles. The van der Waals surface area contributed by atoms with E-state index in [4.69, 9.17) is 9.84 Å². The van der Waals surface area contributed by atoms with E-state index in [1.165, 1.54) is 11.3 Å². The largest absolute Gasteiger partial charge is 0.497 e. The van der Waals surface area contributed by atoms with Gasteiger partial charge in [-0.15, -0.1) is 11.3 Å². The van der Waals surface area contributed by atoms with Gasteiger partial charge in [-0.1, -0.05) is 12.8 Å². The van der Waals surface area contributed by atoms with Gasteiger partial charge in [-0.25, -0.2) is 4.98 Å². The number of ether oxygens (including phenoxy) is 1. The highest BCUT2D eigenvalue weighted by Gasteiger charge is 2.37. The number of amides is 1. The van der Waals surface area contributed by atoms with Gasteiger partial charge in [0.1, 0.15) is 15.6 Å². The molecule has 1 fully saturated rings. The summed E-state index contributed by atoms with van der Waals surface area (Å²) in [5.41, 5.74) is 0.277. The van der Waals surface area contributed by atoms with Gasteiger partial charge < -0.3 is 15.2 Å². The fourth-order valence-corrected chi connectivity index (χ4v) is 4.05. The molecule has 6 nitrogen and oxygen atoms in total. The highest BCUT2D eigenvalue weighted by atomic mass is 32.1. The Bertz CT molecular complexity index is 764. The van der Waals surface area contributed by atoms with Crippen LogP contribution in [0.2, 0.25) is 0 Å². The third kappa shape index (κ3) is 3.99. The maximum Gasteiger partial charge on any atom is 0.305 e. The van der Waals surface area contributed by atoms with Crippen LogP contribution in [0.1, 0.15) is 41.8 Å². The van der Waals surface area contributed by atoms with E-state index in [-0.39, 0.29) is 12.3 Å². The van der Waals surface area contributed by atoms with E-state index in [0.717, 1.165) is 29.2 Å². The van der Waals surface area contributed by atoms with Gasteiger partial charge in [-0.2, -0.15) is 0 Å². The maximum atomic E-state index is 12.6. The maximum absolute atomic E-state index is 12.6. The predicted molar refractivity (Wildman–Crippen MR) is 95.0 cm³/mol. The molecule has 1 heterocycles. The average molecular weight is 360 g/mol. The van der Waals surface area contributed by atoms with Crippen molar-refractivity contribution in [1.82, 2.24) is 10.3 Å². The Hall–Kier alpha value is -2.41. The molecular weight excluding hydrogens is 340 g/mol. The Morgan fingerprint density at radius 3 is 2.56 bits per heavy atom. The number of carbonyl (C=O) groups is 2. The van der Waals surface area contributed by atoms with Gasteiger partial charge in [0.25, 0.3) is 5.91 Å². The Labute approximate surface area is 149 Å². The summed E-state index contributed by atoms with van der Waals surface area (Å²) in [5.74, 6) is -0.374. The minimum Gasteiger partial charge on any atom is -0.497 e. The first-order valence-electron chi connectivity index (χ1n) is 8.16. The van der Waals surface area contributed by atoms with Crippen LogP contribution in [0.5, 0.6) is 5.75 Å². The molecule has 132 valence electrons. The lowest BCUT2D eigenvalue weighted by molar-refractivity contribution is -0.138. The zero-order valence-corrected chi connectivity index (χ0v) is 14.8. The predicted octanol–water partition coefficient (Wildman–Crippen LogP) is 3.34. The first-order chi connectivity index (χ1) is 12.0. The zero-order chi connectivity index (χ0) is 17.9. The summed E-state index contributed by atoms with van der Waals surface area (Å²) in [5, 5.41) is 12.8. The number of rotatable bonds is 6. The van der Waals surface area contributed by atoms with Crippen LogP contribution in [0, 0.1) is 0 Å². The lowest BCUT2D eigenvalue weighted by Gasteiger charge is -2.28. The van der Waals surface area contributed by atoms with Gasteiger partial charge >= 0.3 is 5.97 Å². The zero-order valence-electron chi connectivity index (χ0n) is 13.9. The summed E-state index contributed by atoms with van der Waals surface area (Å²) in [6.07, 6.45) is 4.79. The Balaban J connectivity index is 1.74. The molecule has 1 amide bonds. The molecular formula is C18H20N2O4S. The third-order valence-corrected chi connectivity index (χ3v) is 5.54. The van der Waals surface area contributed by atoms with Crippen LogP contribution in [0.25, 0.3) is 10.6 Å². The smallest absolute Gasteiger partial charge is 0.305 e. The number of nitrogens with zero attached hydrogens (tertiary/aromatic N) is 1. The number of hydrogen-bond acceptors (Lipinski definition) is 5. The Morgan fingerprint density at radius 2 is 1.96 bits per heavy atom. The lowest BCUT2D eigenvalue weighted by Crippen LogP contribution is -2.47. The van der Waals surface area contributed by atoms with Gasteiger partial charge in [-0.3, -0.25) is 9.59 Å². The first-order valence-corrected chi connectivity index (χ1v) is 8.98. The van der Waals surface area contributed by atoms with Crippen LogP contribution in [0.3, 0.4) is 0 Å². The van der Waals surface area contributed by atoms with E-state index < -0.39 is 11.5 Å². The summed E-state index contributed by atoms with van der Waals surface area (Å²) in [4.78, 5) is 28.5. The molecule has 1 aliphatic carbocycles. The number of carboxylic acids is 1. The van der Waals surface area contributed by atoms with E-state index in [9.17, 15) is 9.59 Å². The molecule has 1 aromatic carbocycles. The van der Waals surface area contributed by atoms with Crippen molar-refractivity contribution in [1.29, 1.82) is 0 Å². The number of aromatic nitrogens is 1. The van der Waals surface area contributed by atoms with Gasteiger partial charge in [-0.05, 0) is 37.1 Å². The molecule has 3 rings (SSSR count). The topological polar surface area (TPSA) is 88.5 Å². The fraction of sp³-hybridized carbons (Fsp3) is 0.389. The minimum absolute atomic E-state index is 0.0388. The van der Waals surface area contributed by atoms with E-state index in [1.54, 1.807) is 13.3 Å². The van der Waals surface area contributed by atoms with Gasteiger partial charge in [0.15, 0.2) is 0 Å². The number of benzene rings is 1. The minimum atomic E-state index is -0.884. The van der Waals surface area contributed by atoms with Gasteiger partial charge in [0.05, 0.1) is 25.3 Å². The number of hydrogen-bond donors (Lipinski definition) is 2. The molecule has 0 aliphatic heterocycles. The summed E-state index contributed by atoms with van der Waals surface area (Å²) < 4.78 is 5.14. The van der Waals surface area contributed by atoms with Crippen molar-refractivity contribution in [3.05, 3.63) is 35.3 Å².